The molecule has 0 amide bonds. The number of ether oxygens (including phenoxy) is 2. The Labute approximate surface area is 264 Å². The standard InChI is InChI=1S/C35H32F2N2O3S2/c1-22(21-41-2)39-20-24-3-8-26(9-4-24)34-19-31-35(44-34)33(13-14-38-31)42-32-12-7-25(17-30(32)37)16-29(43)18-28(40)15-23-5-10-27(36)11-6-23/h3-14,17,19,22,39H,15-16,18,20-21H2,1-2H3. The van der Waals surface area contributed by atoms with E-state index in [1.165, 1.54) is 23.8 Å². The van der Waals surface area contributed by atoms with Crippen LogP contribution in [-0.4, -0.2) is 35.4 Å². The Morgan fingerprint density at radius 3 is 2.39 bits per heavy atom. The summed E-state index contributed by atoms with van der Waals surface area (Å²) in [6.07, 6.45) is 2.20. The van der Waals surface area contributed by atoms with E-state index in [2.05, 4.69) is 41.5 Å². The van der Waals surface area contributed by atoms with E-state index >= 15 is 4.39 Å². The molecule has 226 valence electrons. The van der Waals surface area contributed by atoms with Gasteiger partial charge in [-0.05, 0) is 59.5 Å². The molecular formula is C35H32F2N2O3S2. The van der Waals surface area contributed by atoms with Gasteiger partial charge in [-0.2, -0.15) is 0 Å². The molecule has 1 unspecified atom stereocenters. The molecule has 0 radical (unpaired) electrons. The summed E-state index contributed by atoms with van der Waals surface area (Å²) in [5.74, 6) is -0.325. The third-order valence-corrected chi connectivity index (χ3v) is 8.49. The van der Waals surface area contributed by atoms with Crippen LogP contribution in [0.3, 0.4) is 0 Å². The van der Waals surface area contributed by atoms with Crippen LogP contribution in [-0.2, 0) is 28.9 Å². The lowest BCUT2D eigenvalue weighted by Crippen LogP contribution is -2.29. The Bertz CT molecular complexity index is 1750. The van der Waals surface area contributed by atoms with Crippen molar-refractivity contribution in [3.63, 3.8) is 0 Å². The molecule has 3 aromatic carbocycles. The Balaban J connectivity index is 1.22. The van der Waals surface area contributed by atoms with E-state index in [4.69, 9.17) is 21.7 Å². The molecule has 5 aromatic rings. The first-order chi connectivity index (χ1) is 21.3. The minimum atomic E-state index is -0.520. The Morgan fingerprint density at radius 1 is 0.932 bits per heavy atom. The van der Waals surface area contributed by atoms with Crippen LogP contribution in [0.2, 0.25) is 0 Å². The summed E-state index contributed by atoms with van der Waals surface area (Å²) in [5.41, 5.74) is 4.39. The molecule has 9 heteroatoms. The number of nitrogens with one attached hydrogen (secondary N) is 1. The lowest BCUT2D eigenvalue weighted by Gasteiger charge is -2.12. The second-order valence-electron chi connectivity index (χ2n) is 10.7. The summed E-state index contributed by atoms with van der Waals surface area (Å²) in [5, 5.41) is 3.44. The van der Waals surface area contributed by atoms with Crippen LogP contribution < -0.4 is 10.1 Å². The van der Waals surface area contributed by atoms with Crippen LogP contribution in [0.5, 0.6) is 11.5 Å². The molecule has 44 heavy (non-hydrogen) atoms. The summed E-state index contributed by atoms with van der Waals surface area (Å²) < 4.78 is 40.3. The van der Waals surface area contributed by atoms with Crippen molar-refractivity contribution in [2.45, 2.75) is 38.8 Å². The van der Waals surface area contributed by atoms with Crippen LogP contribution >= 0.6 is 23.6 Å². The molecule has 0 saturated heterocycles. The number of aromatic nitrogens is 1. The molecule has 5 nitrogen and oxygen atoms in total. The third kappa shape index (κ3) is 8.39. The predicted octanol–water partition coefficient (Wildman–Crippen LogP) is 8.27. The summed E-state index contributed by atoms with van der Waals surface area (Å²) in [7, 11) is 1.70. The molecule has 1 atom stereocenters. The summed E-state index contributed by atoms with van der Waals surface area (Å²) in [6.45, 7) is 3.49. The highest BCUT2D eigenvalue weighted by Crippen LogP contribution is 2.39. The van der Waals surface area contributed by atoms with Crippen molar-refractivity contribution < 1.29 is 23.0 Å². The van der Waals surface area contributed by atoms with Crippen molar-refractivity contribution in [3.8, 4) is 21.9 Å². The molecule has 2 heterocycles. The zero-order valence-corrected chi connectivity index (χ0v) is 26.1. The molecule has 0 bridgehead atoms. The van der Waals surface area contributed by atoms with Gasteiger partial charge in [-0.15, -0.1) is 11.3 Å². The van der Waals surface area contributed by atoms with E-state index in [1.54, 1.807) is 55.0 Å². The quantitative estimate of drug-likeness (QED) is 0.125. The number of carbonyl (C=O) groups is 1. The zero-order chi connectivity index (χ0) is 31.1. The first kappa shape index (κ1) is 31.5. The van der Waals surface area contributed by atoms with E-state index in [-0.39, 0.29) is 42.7 Å². The Hall–Kier alpha value is -3.89. The molecule has 0 spiro atoms. The topological polar surface area (TPSA) is 60.4 Å². The van der Waals surface area contributed by atoms with Gasteiger partial charge in [0.15, 0.2) is 11.6 Å². The van der Waals surface area contributed by atoms with Gasteiger partial charge in [0.1, 0.15) is 17.3 Å². The maximum absolute atomic E-state index is 15.1. The minimum absolute atomic E-state index is 0.0698. The Kier molecular flexibility index (Phi) is 10.6. The van der Waals surface area contributed by atoms with E-state index in [9.17, 15) is 9.18 Å². The second kappa shape index (κ2) is 14.7. The number of ketones is 1. The first-order valence-electron chi connectivity index (χ1n) is 14.2. The van der Waals surface area contributed by atoms with Crippen LogP contribution in [0.1, 0.15) is 30.0 Å². The van der Waals surface area contributed by atoms with Crippen molar-refractivity contribution in [1.82, 2.24) is 10.3 Å². The van der Waals surface area contributed by atoms with Crippen LogP contribution in [0.4, 0.5) is 8.78 Å². The lowest BCUT2D eigenvalue weighted by atomic mass is 10.0. The lowest BCUT2D eigenvalue weighted by molar-refractivity contribution is -0.117. The van der Waals surface area contributed by atoms with E-state index < -0.39 is 5.82 Å². The van der Waals surface area contributed by atoms with Gasteiger partial charge in [0.05, 0.1) is 16.8 Å². The predicted molar refractivity (Wildman–Crippen MR) is 176 cm³/mol. The molecular weight excluding hydrogens is 599 g/mol. The summed E-state index contributed by atoms with van der Waals surface area (Å²) in [6, 6.07) is 22.9. The van der Waals surface area contributed by atoms with Gasteiger partial charge in [-0.25, -0.2) is 8.78 Å². The van der Waals surface area contributed by atoms with Crippen molar-refractivity contribution >= 4 is 44.4 Å². The number of Topliss-reactive ketones (excluding diaryl/α,β-unsaturated/α-hetero) is 1. The summed E-state index contributed by atoms with van der Waals surface area (Å²) in [4.78, 5) is 18.5. The number of hydrogen-bond donors (Lipinski definition) is 1. The van der Waals surface area contributed by atoms with E-state index in [0.717, 1.165) is 32.8 Å². The molecule has 0 aliphatic carbocycles. The van der Waals surface area contributed by atoms with Gasteiger partial charge in [-0.1, -0.05) is 54.7 Å². The zero-order valence-electron chi connectivity index (χ0n) is 24.4. The number of benzene rings is 3. The van der Waals surface area contributed by atoms with Crippen LogP contribution in [0.25, 0.3) is 20.7 Å². The van der Waals surface area contributed by atoms with Crippen molar-refractivity contribution in [3.05, 3.63) is 113 Å². The highest BCUT2D eigenvalue weighted by Gasteiger charge is 2.15. The fraction of sp³-hybridized carbons (Fsp3) is 0.229. The monoisotopic (exact) mass is 630 g/mol. The highest BCUT2D eigenvalue weighted by atomic mass is 32.1. The number of rotatable bonds is 14. The molecule has 0 fully saturated rings. The molecule has 0 aliphatic rings. The average Bonchev–Trinajstić information content (AvgIpc) is 3.44. The maximum atomic E-state index is 15.1. The summed E-state index contributed by atoms with van der Waals surface area (Å²) >= 11 is 6.96. The molecule has 2 aromatic heterocycles. The van der Waals surface area contributed by atoms with Gasteiger partial charge in [-0.3, -0.25) is 9.78 Å². The first-order valence-corrected chi connectivity index (χ1v) is 15.4. The number of thiophene rings is 1. The number of methoxy groups -OCH3 is 1. The van der Waals surface area contributed by atoms with Gasteiger partial charge >= 0.3 is 0 Å². The van der Waals surface area contributed by atoms with Crippen LogP contribution in [0, 0.1) is 11.6 Å². The Morgan fingerprint density at radius 2 is 1.66 bits per heavy atom. The van der Waals surface area contributed by atoms with Crippen molar-refractivity contribution in [2.24, 2.45) is 0 Å². The number of fused-ring (bicyclic) bond motifs is 1. The highest BCUT2D eigenvalue weighted by molar-refractivity contribution is 7.80. The van der Waals surface area contributed by atoms with E-state index in [1.807, 2.05) is 6.07 Å². The number of nitrogens with zero attached hydrogens (tertiary/aromatic N) is 1. The van der Waals surface area contributed by atoms with E-state index in [0.29, 0.717) is 22.8 Å². The van der Waals surface area contributed by atoms with Crippen LogP contribution in [0.15, 0.2) is 85.1 Å². The average molecular weight is 631 g/mol. The maximum Gasteiger partial charge on any atom is 0.166 e. The number of hydrogen-bond acceptors (Lipinski definition) is 7. The van der Waals surface area contributed by atoms with Gasteiger partial charge in [0.25, 0.3) is 0 Å². The SMILES string of the molecule is COCC(C)NCc1ccc(-c2cc3nccc(Oc4ccc(CC(=S)CC(=O)Cc5ccc(F)cc5)cc4F)c3s2)cc1. The fourth-order valence-electron chi connectivity index (χ4n) is 4.78. The third-order valence-electron chi connectivity index (χ3n) is 7.01. The number of pyridine rings is 1. The van der Waals surface area contributed by atoms with Crippen molar-refractivity contribution in [2.75, 3.05) is 13.7 Å². The fourth-order valence-corrected chi connectivity index (χ4v) is 6.18. The number of thiocarbonyl (C=S) groups is 1. The number of carbonyl (C=O) groups excluding carboxylic acids is 1. The largest absolute Gasteiger partial charge is 0.453 e. The molecule has 0 aliphatic heterocycles. The second-order valence-corrected chi connectivity index (χ2v) is 12.3. The molecule has 0 saturated carbocycles. The normalized spacial score (nSPS) is 11.9. The molecule has 5 rings (SSSR count). The van der Waals surface area contributed by atoms with Gasteiger partial charge in [0.2, 0.25) is 0 Å². The minimum Gasteiger partial charge on any atom is -0.453 e. The van der Waals surface area contributed by atoms with Gasteiger partial charge in [0, 0.05) is 61.0 Å². The number of halogens is 2. The van der Waals surface area contributed by atoms with Crippen molar-refractivity contribution in [1.29, 1.82) is 0 Å². The smallest absolute Gasteiger partial charge is 0.166 e. The molecule has 1 N–H and O–H groups in total. The van der Waals surface area contributed by atoms with Gasteiger partial charge < -0.3 is 14.8 Å².